The van der Waals surface area contributed by atoms with Gasteiger partial charge in [-0.2, -0.15) is 4.31 Å². The number of aliphatic hydroxyl groups is 1. The third kappa shape index (κ3) is 3.55. The first-order valence-corrected chi connectivity index (χ1v) is 9.21. The third-order valence-corrected chi connectivity index (χ3v) is 6.21. The summed E-state index contributed by atoms with van der Waals surface area (Å²) in [5.41, 5.74) is 0.848. The molecule has 7 nitrogen and oxygen atoms in total. The number of hydrogen-bond donors (Lipinski definition) is 2. The average molecular weight is 357 g/mol. The molecule has 0 radical (unpaired) electrons. The van der Waals surface area contributed by atoms with E-state index in [1.807, 2.05) is 19.9 Å². The highest BCUT2D eigenvalue weighted by Crippen LogP contribution is 2.32. The summed E-state index contributed by atoms with van der Waals surface area (Å²) in [7, 11) is -2.52. The van der Waals surface area contributed by atoms with Crippen LogP contribution in [-0.4, -0.2) is 55.2 Å². The fourth-order valence-corrected chi connectivity index (χ4v) is 4.44. The van der Waals surface area contributed by atoms with Crippen LogP contribution in [0, 0.1) is 5.92 Å². The van der Waals surface area contributed by atoms with Crippen molar-refractivity contribution in [3.63, 3.8) is 0 Å². The number of nitrogens with zero attached hydrogens (tertiary/aromatic N) is 1. The number of rotatable bonds is 5. The normalized spacial score (nSPS) is 22.5. The van der Waals surface area contributed by atoms with Crippen LogP contribution in [0.3, 0.4) is 0 Å². The molecular formula is C16H23NO6S. The Kier molecular flexibility index (Phi) is 5.52. The molecule has 1 saturated heterocycles. The Labute approximate surface area is 141 Å². The lowest BCUT2D eigenvalue weighted by atomic mass is 9.96. The molecule has 0 aromatic heterocycles. The molecule has 0 amide bonds. The maximum absolute atomic E-state index is 13.0. The smallest absolute Gasteiger partial charge is 0.310 e. The van der Waals surface area contributed by atoms with Gasteiger partial charge in [0.15, 0.2) is 0 Å². The summed E-state index contributed by atoms with van der Waals surface area (Å²) in [6.07, 6.45) is -0.958. The van der Waals surface area contributed by atoms with E-state index in [1.165, 1.54) is 7.11 Å². The zero-order valence-electron chi connectivity index (χ0n) is 14.0. The van der Waals surface area contributed by atoms with Gasteiger partial charge in [0.1, 0.15) is 10.6 Å². The number of methoxy groups -OCH3 is 1. The average Bonchev–Trinajstić information content (AvgIpc) is 2.54. The van der Waals surface area contributed by atoms with E-state index in [-0.39, 0.29) is 36.1 Å². The Hall–Kier alpha value is -1.64. The number of benzene rings is 1. The predicted octanol–water partition coefficient (Wildman–Crippen LogP) is 1.27. The molecule has 1 aromatic rings. The first-order valence-electron chi connectivity index (χ1n) is 7.77. The van der Waals surface area contributed by atoms with Crippen LogP contribution in [0.5, 0.6) is 5.75 Å². The molecule has 8 heteroatoms. The van der Waals surface area contributed by atoms with Crippen LogP contribution in [0.25, 0.3) is 0 Å². The molecule has 24 heavy (non-hydrogen) atoms. The molecule has 1 aliphatic heterocycles. The molecular weight excluding hydrogens is 334 g/mol. The lowest BCUT2D eigenvalue weighted by Gasteiger charge is -2.33. The minimum Gasteiger partial charge on any atom is -0.495 e. The van der Waals surface area contributed by atoms with Crippen molar-refractivity contribution in [1.82, 2.24) is 4.31 Å². The van der Waals surface area contributed by atoms with Crippen LogP contribution in [-0.2, 0) is 14.8 Å². The van der Waals surface area contributed by atoms with Crippen molar-refractivity contribution < 1.29 is 28.2 Å². The number of ether oxygens (including phenoxy) is 1. The Morgan fingerprint density at radius 2 is 2.04 bits per heavy atom. The van der Waals surface area contributed by atoms with Gasteiger partial charge in [-0.05, 0) is 30.0 Å². The summed E-state index contributed by atoms with van der Waals surface area (Å²) < 4.78 is 32.3. The molecule has 0 bridgehead atoms. The molecule has 1 fully saturated rings. The molecule has 2 atom stereocenters. The molecule has 0 spiro atoms. The van der Waals surface area contributed by atoms with Crippen molar-refractivity contribution in [2.24, 2.45) is 5.92 Å². The van der Waals surface area contributed by atoms with E-state index in [0.29, 0.717) is 0 Å². The van der Waals surface area contributed by atoms with Gasteiger partial charge in [-0.1, -0.05) is 19.9 Å². The van der Waals surface area contributed by atoms with E-state index in [4.69, 9.17) is 4.74 Å². The van der Waals surface area contributed by atoms with E-state index in [2.05, 4.69) is 0 Å². The Balaban J connectivity index is 2.43. The van der Waals surface area contributed by atoms with Gasteiger partial charge in [0.2, 0.25) is 10.0 Å². The molecule has 1 aromatic carbocycles. The van der Waals surface area contributed by atoms with Gasteiger partial charge >= 0.3 is 5.97 Å². The molecule has 1 aliphatic rings. The number of piperidine rings is 1. The standard InChI is InChI=1S/C16H23NO6S/c1-10(2)11-4-5-14(23-3)15(8-11)24(21,22)17-7-6-13(18)12(9-17)16(19)20/h4-5,8,10,12-13,18H,6-7,9H2,1-3H3,(H,19,20). The molecule has 2 rings (SSSR count). The SMILES string of the molecule is COc1ccc(C(C)C)cc1S(=O)(=O)N1CCC(O)C(C(=O)O)C1. The van der Waals surface area contributed by atoms with Crippen LogP contribution in [0.1, 0.15) is 31.7 Å². The van der Waals surface area contributed by atoms with Crippen molar-refractivity contribution in [2.75, 3.05) is 20.2 Å². The van der Waals surface area contributed by atoms with Crippen LogP contribution in [0.4, 0.5) is 0 Å². The summed E-state index contributed by atoms with van der Waals surface area (Å²) in [6.45, 7) is 3.72. The van der Waals surface area contributed by atoms with Crippen molar-refractivity contribution in [3.05, 3.63) is 23.8 Å². The number of carboxylic acid groups (broad SMARTS) is 1. The van der Waals surface area contributed by atoms with E-state index in [1.54, 1.807) is 12.1 Å². The zero-order chi connectivity index (χ0) is 18.1. The fourth-order valence-electron chi connectivity index (χ4n) is 2.76. The maximum atomic E-state index is 13.0. The zero-order valence-corrected chi connectivity index (χ0v) is 14.8. The summed E-state index contributed by atoms with van der Waals surface area (Å²) in [5, 5.41) is 19.0. The second-order valence-corrected chi connectivity index (χ2v) is 8.14. The van der Waals surface area contributed by atoms with Crippen LogP contribution in [0.2, 0.25) is 0 Å². The van der Waals surface area contributed by atoms with Crippen molar-refractivity contribution >= 4 is 16.0 Å². The van der Waals surface area contributed by atoms with Gasteiger partial charge in [-0.3, -0.25) is 4.79 Å². The lowest BCUT2D eigenvalue weighted by molar-refractivity contribution is -0.147. The van der Waals surface area contributed by atoms with Crippen LogP contribution >= 0.6 is 0 Å². The van der Waals surface area contributed by atoms with E-state index >= 15 is 0 Å². The summed E-state index contributed by atoms with van der Waals surface area (Å²) in [4.78, 5) is 11.3. The number of hydrogen-bond acceptors (Lipinski definition) is 5. The van der Waals surface area contributed by atoms with Crippen molar-refractivity contribution in [1.29, 1.82) is 0 Å². The highest BCUT2D eigenvalue weighted by Gasteiger charge is 2.39. The molecule has 0 aliphatic carbocycles. The van der Waals surface area contributed by atoms with Gasteiger partial charge in [-0.25, -0.2) is 8.42 Å². The number of sulfonamides is 1. The highest BCUT2D eigenvalue weighted by molar-refractivity contribution is 7.89. The monoisotopic (exact) mass is 357 g/mol. The van der Waals surface area contributed by atoms with Crippen molar-refractivity contribution in [3.8, 4) is 5.75 Å². The van der Waals surface area contributed by atoms with Gasteiger partial charge in [0.25, 0.3) is 0 Å². The predicted molar refractivity (Wildman–Crippen MR) is 87.6 cm³/mol. The second-order valence-electron chi connectivity index (χ2n) is 6.23. The Morgan fingerprint density at radius 3 is 2.58 bits per heavy atom. The Morgan fingerprint density at radius 1 is 1.38 bits per heavy atom. The first kappa shape index (κ1) is 18.7. The summed E-state index contributed by atoms with van der Waals surface area (Å²) in [6, 6.07) is 4.98. The summed E-state index contributed by atoms with van der Waals surface area (Å²) in [5.74, 6) is -1.98. The van der Waals surface area contributed by atoms with E-state index in [0.717, 1.165) is 9.87 Å². The molecule has 0 saturated carbocycles. The number of aliphatic hydroxyl groups excluding tert-OH is 1. The molecule has 2 unspecified atom stereocenters. The summed E-state index contributed by atoms with van der Waals surface area (Å²) >= 11 is 0. The van der Waals surface area contributed by atoms with Crippen molar-refractivity contribution in [2.45, 2.75) is 37.2 Å². The fraction of sp³-hybridized carbons (Fsp3) is 0.562. The topological polar surface area (TPSA) is 104 Å². The molecule has 2 N–H and O–H groups in total. The van der Waals surface area contributed by atoms with E-state index < -0.39 is 28.0 Å². The maximum Gasteiger partial charge on any atom is 0.310 e. The molecule has 1 heterocycles. The minimum atomic E-state index is -3.92. The quantitative estimate of drug-likeness (QED) is 0.822. The number of carboxylic acids is 1. The van der Waals surface area contributed by atoms with E-state index in [9.17, 15) is 23.4 Å². The first-order chi connectivity index (χ1) is 11.2. The highest BCUT2D eigenvalue weighted by atomic mass is 32.2. The van der Waals surface area contributed by atoms with Gasteiger partial charge in [-0.15, -0.1) is 0 Å². The largest absolute Gasteiger partial charge is 0.495 e. The number of carbonyl (C=O) groups is 1. The van der Waals surface area contributed by atoms with Crippen LogP contribution in [0.15, 0.2) is 23.1 Å². The molecule has 134 valence electrons. The van der Waals surface area contributed by atoms with Gasteiger partial charge < -0.3 is 14.9 Å². The van der Waals surface area contributed by atoms with Gasteiger partial charge in [0.05, 0.1) is 19.1 Å². The Bertz CT molecular complexity index is 715. The third-order valence-electron chi connectivity index (χ3n) is 4.33. The van der Waals surface area contributed by atoms with Gasteiger partial charge in [0, 0.05) is 13.1 Å². The second kappa shape index (κ2) is 7.08. The minimum absolute atomic E-state index is 0.0247. The van der Waals surface area contributed by atoms with Crippen LogP contribution < -0.4 is 4.74 Å². The lowest BCUT2D eigenvalue weighted by Crippen LogP contribution is -2.48. The number of aliphatic carboxylic acids is 1.